The zero-order valence-corrected chi connectivity index (χ0v) is 15.1. The number of hydrogen-bond acceptors (Lipinski definition) is 4. The van der Waals surface area contributed by atoms with Gasteiger partial charge in [0.25, 0.3) is 0 Å². The number of benzene rings is 1. The summed E-state index contributed by atoms with van der Waals surface area (Å²) in [5.41, 5.74) is 1.24. The highest BCUT2D eigenvalue weighted by molar-refractivity contribution is 7.91. The summed E-state index contributed by atoms with van der Waals surface area (Å²) in [6.45, 7) is 5.00. The lowest BCUT2D eigenvalue weighted by Gasteiger charge is -2.40. The molecule has 2 rings (SSSR count). The highest BCUT2D eigenvalue weighted by Crippen LogP contribution is 2.39. The summed E-state index contributed by atoms with van der Waals surface area (Å²) >= 11 is 0. The van der Waals surface area contributed by atoms with Crippen LogP contribution >= 0.6 is 0 Å². The molecular formula is C17H25NO5S. The van der Waals surface area contributed by atoms with Crippen molar-refractivity contribution in [2.75, 3.05) is 18.1 Å². The van der Waals surface area contributed by atoms with Crippen molar-refractivity contribution in [3.63, 3.8) is 0 Å². The number of hydrogen-bond donors (Lipinski definition) is 2. The van der Waals surface area contributed by atoms with E-state index < -0.39 is 40.0 Å². The van der Waals surface area contributed by atoms with E-state index in [1.807, 2.05) is 45.0 Å². The van der Waals surface area contributed by atoms with Crippen LogP contribution < -0.4 is 0 Å². The number of aliphatic hydroxyl groups excluding tert-OH is 1. The van der Waals surface area contributed by atoms with Crippen LogP contribution in [0, 0.1) is 0 Å². The minimum atomic E-state index is -3.47. The maximum absolute atomic E-state index is 12.3. The van der Waals surface area contributed by atoms with Crippen LogP contribution in [-0.4, -0.2) is 59.3 Å². The Morgan fingerprint density at radius 1 is 1.29 bits per heavy atom. The fourth-order valence-corrected chi connectivity index (χ4v) is 4.94. The van der Waals surface area contributed by atoms with Gasteiger partial charge in [-0.3, -0.25) is 4.90 Å². The van der Waals surface area contributed by atoms with E-state index in [4.69, 9.17) is 5.11 Å². The minimum absolute atomic E-state index is 0.158. The van der Waals surface area contributed by atoms with Crippen molar-refractivity contribution in [2.24, 2.45) is 0 Å². The number of rotatable bonds is 5. The van der Waals surface area contributed by atoms with Crippen molar-refractivity contribution in [3.8, 4) is 0 Å². The summed E-state index contributed by atoms with van der Waals surface area (Å²) in [6, 6.07) is 7.08. The van der Waals surface area contributed by atoms with Gasteiger partial charge in [0.05, 0.1) is 18.1 Å². The van der Waals surface area contributed by atoms with Crippen LogP contribution in [-0.2, 0) is 16.3 Å². The van der Waals surface area contributed by atoms with Crippen LogP contribution in [0.15, 0.2) is 24.3 Å². The van der Waals surface area contributed by atoms with Crippen molar-refractivity contribution < 1.29 is 23.4 Å². The smallest absolute Gasteiger partial charge is 0.408 e. The van der Waals surface area contributed by atoms with Crippen molar-refractivity contribution in [1.82, 2.24) is 4.90 Å². The molecule has 0 aliphatic heterocycles. The van der Waals surface area contributed by atoms with Crippen LogP contribution in [0.3, 0.4) is 0 Å². The molecule has 24 heavy (non-hydrogen) atoms. The second-order valence-corrected chi connectivity index (χ2v) is 9.47. The first-order valence-corrected chi connectivity index (χ1v) is 9.80. The van der Waals surface area contributed by atoms with Gasteiger partial charge in [0.2, 0.25) is 0 Å². The summed E-state index contributed by atoms with van der Waals surface area (Å²) in [4.78, 5) is 13.2. The Morgan fingerprint density at radius 2 is 1.92 bits per heavy atom. The Morgan fingerprint density at radius 3 is 2.46 bits per heavy atom. The standard InChI is InChI=1S/C17H25NO5S/c1-17(2,3)18(16(20)21)15-10-12-6-4-5-7-13(12)14(15)11-24(22,23)9-8-19/h4-7,14-15,19H,8-11H2,1-3H3,(H,20,21)/t14-,15-/m1/s1. The number of aliphatic hydroxyl groups is 1. The Balaban J connectivity index is 2.45. The molecule has 1 aromatic rings. The molecule has 0 bridgehead atoms. The fourth-order valence-electron chi connectivity index (χ4n) is 3.55. The van der Waals surface area contributed by atoms with Gasteiger partial charge < -0.3 is 10.2 Å². The van der Waals surface area contributed by atoms with E-state index in [0.29, 0.717) is 6.42 Å². The third kappa shape index (κ3) is 3.89. The summed E-state index contributed by atoms with van der Waals surface area (Å²) < 4.78 is 24.5. The molecule has 1 aliphatic rings. The summed E-state index contributed by atoms with van der Waals surface area (Å²) in [6.07, 6.45) is -0.552. The van der Waals surface area contributed by atoms with Gasteiger partial charge in [-0.1, -0.05) is 24.3 Å². The predicted octanol–water partition coefficient (Wildman–Crippen LogP) is 1.88. The number of carboxylic acid groups (broad SMARTS) is 1. The molecule has 2 atom stereocenters. The number of nitrogens with zero attached hydrogens (tertiary/aromatic N) is 1. The second kappa shape index (κ2) is 6.72. The zero-order chi connectivity index (χ0) is 18.1. The lowest BCUT2D eigenvalue weighted by atomic mass is 9.95. The molecular weight excluding hydrogens is 330 g/mol. The van der Waals surface area contributed by atoms with Gasteiger partial charge in [-0.25, -0.2) is 13.2 Å². The monoisotopic (exact) mass is 355 g/mol. The molecule has 0 heterocycles. The van der Waals surface area contributed by atoms with Crippen molar-refractivity contribution >= 4 is 15.9 Å². The molecule has 0 saturated heterocycles. The molecule has 0 unspecified atom stereocenters. The average Bonchev–Trinajstić information content (AvgIpc) is 2.75. The molecule has 0 saturated carbocycles. The van der Waals surface area contributed by atoms with Gasteiger partial charge in [-0.05, 0) is 38.3 Å². The van der Waals surface area contributed by atoms with Crippen molar-refractivity contribution in [3.05, 3.63) is 35.4 Å². The molecule has 1 aliphatic carbocycles. The van der Waals surface area contributed by atoms with Crippen molar-refractivity contribution in [2.45, 2.75) is 44.7 Å². The maximum Gasteiger partial charge on any atom is 0.408 e. The van der Waals surface area contributed by atoms with Gasteiger partial charge in [-0.15, -0.1) is 0 Å². The van der Waals surface area contributed by atoms with E-state index in [1.54, 1.807) is 0 Å². The largest absolute Gasteiger partial charge is 0.465 e. The SMILES string of the molecule is CC(C)(C)N(C(=O)O)[C@@H]1Cc2ccccc2[C@H]1CS(=O)(=O)CCO. The lowest BCUT2D eigenvalue weighted by Crippen LogP contribution is -2.53. The van der Waals surface area contributed by atoms with E-state index in [0.717, 1.165) is 11.1 Å². The highest BCUT2D eigenvalue weighted by atomic mass is 32.2. The van der Waals surface area contributed by atoms with Gasteiger partial charge in [0.15, 0.2) is 9.84 Å². The minimum Gasteiger partial charge on any atom is -0.465 e. The van der Waals surface area contributed by atoms with Crippen LogP contribution in [0.2, 0.25) is 0 Å². The first-order chi connectivity index (χ1) is 11.1. The summed E-state index contributed by atoms with van der Waals surface area (Å²) in [5.74, 6) is -0.885. The fraction of sp³-hybridized carbons (Fsp3) is 0.588. The molecule has 134 valence electrons. The van der Waals surface area contributed by atoms with Gasteiger partial charge >= 0.3 is 6.09 Å². The molecule has 1 aromatic carbocycles. The van der Waals surface area contributed by atoms with E-state index in [2.05, 4.69) is 0 Å². The van der Waals surface area contributed by atoms with E-state index in [-0.39, 0.29) is 11.5 Å². The zero-order valence-electron chi connectivity index (χ0n) is 14.3. The molecule has 0 spiro atoms. The van der Waals surface area contributed by atoms with Crippen LogP contribution in [0.5, 0.6) is 0 Å². The van der Waals surface area contributed by atoms with Gasteiger partial charge in [0.1, 0.15) is 0 Å². The summed E-state index contributed by atoms with van der Waals surface area (Å²) in [5, 5.41) is 18.7. The van der Waals surface area contributed by atoms with Crippen LogP contribution in [0.25, 0.3) is 0 Å². The van der Waals surface area contributed by atoms with Crippen molar-refractivity contribution in [1.29, 1.82) is 0 Å². The van der Waals surface area contributed by atoms with Gasteiger partial charge in [0, 0.05) is 17.5 Å². The Hall–Kier alpha value is -1.60. The topological polar surface area (TPSA) is 94.9 Å². The number of sulfone groups is 1. The molecule has 2 N–H and O–H groups in total. The Kier molecular flexibility index (Phi) is 5.25. The summed E-state index contributed by atoms with van der Waals surface area (Å²) in [7, 11) is -3.47. The quantitative estimate of drug-likeness (QED) is 0.841. The molecule has 7 heteroatoms. The van der Waals surface area contributed by atoms with E-state index >= 15 is 0 Å². The predicted molar refractivity (Wildman–Crippen MR) is 92.0 cm³/mol. The Bertz CT molecular complexity index is 708. The molecule has 0 fully saturated rings. The number of amides is 1. The van der Waals surface area contributed by atoms with Crippen LogP contribution in [0.1, 0.15) is 37.8 Å². The molecule has 1 amide bonds. The Labute approximate surface area is 143 Å². The van der Waals surface area contributed by atoms with Crippen LogP contribution in [0.4, 0.5) is 4.79 Å². The molecule has 0 aromatic heterocycles. The number of carbonyl (C=O) groups is 1. The van der Waals surface area contributed by atoms with E-state index in [9.17, 15) is 18.3 Å². The first kappa shape index (κ1) is 18.7. The number of fused-ring (bicyclic) bond motifs is 1. The van der Waals surface area contributed by atoms with E-state index in [1.165, 1.54) is 4.90 Å². The molecule has 0 radical (unpaired) electrons. The molecule has 6 nitrogen and oxygen atoms in total. The second-order valence-electron chi connectivity index (χ2n) is 7.24. The highest BCUT2D eigenvalue weighted by Gasteiger charge is 2.44. The van der Waals surface area contributed by atoms with Gasteiger partial charge in [-0.2, -0.15) is 0 Å². The third-order valence-corrected chi connectivity index (χ3v) is 6.12. The lowest BCUT2D eigenvalue weighted by molar-refractivity contribution is 0.0665. The average molecular weight is 355 g/mol. The third-order valence-electron chi connectivity index (χ3n) is 4.44. The maximum atomic E-state index is 12.3. The normalized spacial score (nSPS) is 20.7. The first-order valence-electron chi connectivity index (χ1n) is 7.98.